The maximum Gasteiger partial charge on any atom is 0.338 e. The van der Waals surface area contributed by atoms with Crippen molar-refractivity contribution in [3.8, 4) is 0 Å². The van der Waals surface area contributed by atoms with Crippen LogP contribution in [0.5, 0.6) is 0 Å². The predicted molar refractivity (Wildman–Crippen MR) is 97.9 cm³/mol. The average molecular weight is 370 g/mol. The lowest BCUT2D eigenvalue weighted by Gasteiger charge is -2.16. The molecule has 1 aliphatic heterocycles. The van der Waals surface area contributed by atoms with Crippen molar-refractivity contribution in [2.45, 2.75) is 13.3 Å². The minimum Gasteiger partial charge on any atom is -0.462 e. The molecule has 1 saturated heterocycles. The molecule has 2 amide bonds. The zero-order chi connectivity index (χ0) is 19.4. The first-order valence-electron chi connectivity index (χ1n) is 8.62. The normalized spacial score (nSPS) is 16.3. The highest BCUT2D eigenvalue weighted by atomic mass is 19.1. The van der Waals surface area contributed by atoms with Gasteiger partial charge in [-0.25, -0.2) is 9.18 Å². The Morgan fingerprint density at radius 1 is 1.22 bits per heavy atom. The van der Waals surface area contributed by atoms with Gasteiger partial charge in [0.1, 0.15) is 5.82 Å². The summed E-state index contributed by atoms with van der Waals surface area (Å²) in [6.45, 7) is 2.20. The highest BCUT2D eigenvalue weighted by molar-refractivity contribution is 6.03. The summed E-state index contributed by atoms with van der Waals surface area (Å²) >= 11 is 0. The standard InChI is InChI=1S/C20H19FN2O4/c1-2-27-20(26)13-6-8-16(9-7-13)22-19(25)14-10-18(24)23(12-14)17-5-3-4-15(21)11-17/h3-9,11,14H,2,10,12H2,1H3,(H,22,25). The fraction of sp³-hybridized carbons (Fsp3) is 0.250. The number of esters is 1. The number of hydrogen-bond donors (Lipinski definition) is 1. The van der Waals surface area contributed by atoms with Crippen LogP contribution in [0.3, 0.4) is 0 Å². The molecule has 1 aliphatic rings. The molecule has 27 heavy (non-hydrogen) atoms. The van der Waals surface area contributed by atoms with Crippen LogP contribution in [0.4, 0.5) is 15.8 Å². The fourth-order valence-corrected chi connectivity index (χ4v) is 2.93. The van der Waals surface area contributed by atoms with Gasteiger partial charge in [-0.3, -0.25) is 9.59 Å². The van der Waals surface area contributed by atoms with E-state index in [1.54, 1.807) is 37.3 Å². The van der Waals surface area contributed by atoms with Gasteiger partial charge in [0.25, 0.3) is 0 Å². The molecule has 7 heteroatoms. The van der Waals surface area contributed by atoms with Crippen molar-refractivity contribution in [3.05, 3.63) is 59.9 Å². The lowest BCUT2D eigenvalue weighted by molar-refractivity contribution is -0.122. The van der Waals surface area contributed by atoms with Crippen molar-refractivity contribution in [2.75, 3.05) is 23.4 Å². The van der Waals surface area contributed by atoms with E-state index in [0.29, 0.717) is 16.9 Å². The van der Waals surface area contributed by atoms with Gasteiger partial charge in [-0.05, 0) is 49.4 Å². The molecule has 2 aromatic carbocycles. The molecule has 1 atom stereocenters. The Morgan fingerprint density at radius 2 is 1.96 bits per heavy atom. The van der Waals surface area contributed by atoms with Crippen molar-refractivity contribution in [1.29, 1.82) is 0 Å². The van der Waals surface area contributed by atoms with Crippen molar-refractivity contribution >= 4 is 29.2 Å². The Hall–Kier alpha value is -3.22. The second-order valence-corrected chi connectivity index (χ2v) is 6.17. The molecule has 6 nitrogen and oxygen atoms in total. The Kier molecular flexibility index (Phi) is 5.49. The van der Waals surface area contributed by atoms with E-state index in [2.05, 4.69) is 5.32 Å². The molecular formula is C20H19FN2O4. The summed E-state index contributed by atoms with van der Waals surface area (Å²) in [4.78, 5) is 37.7. The molecule has 1 N–H and O–H groups in total. The number of halogens is 1. The maximum atomic E-state index is 13.4. The number of ether oxygens (including phenoxy) is 1. The van der Waals surface area contributed by atoms with E-state index in [-0.39, 0.29) is 31.4 Å². The van der Waals surface area contributed by atoms with Crippen LogP contribution >= 0.6 is 0 Å². The summed E-state index contributed by atoms with van der Waals surface area (Å²) in [5, 5.41) is 2.74. The van der Waals surface area contributed by atoms with E-state index in [0.717, 1.165) is 0 Å². The van der Waals surface area contributed by atoms with Crippen LogP contribution in [-0.4, -0.2) is 30.9 Å². The number of nitrogens with one attached hydrogen (secondary N) is 1. The highest BCUT2D eigenvalue weighted by Crippen LogP contribution is 2.26. The van der Waals surface area contributed by atoms with Crippen LogP contribution < -0.4 is 10.2 Å². The summed E-state index contributed by atoms with van der Waals surface area (Å²) in [7, 11) is 0. The SMILES string of the molecule is CCOC(=O)c1ccc(NC(=O)C2CC(=O)N(c3cccc(F)c3)C2)cc1. The molecule has 0 bridgehead atoms. The summed E-state index contributed by atoms with van der Waals surface area (Å²) in [6, 6.07) is 12.1. The average Bonchev–Trinajstić information content (AvgIpc) is 3.04. The van der Waals surface area contributed by atoms with Crippen LogP contribution in [0.1, 0.15) is 23.7 Å². The molecule has 1 fully saturated rings. The van der Waals surface area contributed by atoms with Gasteiger partial charge in [0.2, 0.25) is 11.8 Å². The lowest BCUT2D eigenvalue weighted by Crippen LogP contribution is -2.28. The van der Waals surface area contributed by atoms with Gasteiger partial charge < -0.3 is 15.0 Å². The predicted octanol–water partition coefficient (Wildman–Crippen LogP) is 2.99. The third-order valence-electron chi connectivity index (χ3n) is 4.28. The molecule has 3 rings (SSSR count). The Morgan fingerprint density at radius 3 is 2.63 bits per heavy atom. The van der Waals surface area contributed by atoms with Gasteiger partial charge in [-0.15, -0.1) is 0 Å². The first-order valence-corrected chi connectivity index (χ1v) is 8.62. The zero-order valence-electron chi connectivity index (χ0n) is 14.8. The lowest BCUT2D eigenvalue weighted by atomic mass is 10.1. The molecule has 0 saturated carbocycles. The Bertz CT molecular complexity index is 867. The first-order chi connectivity index (χ1) is 13.0. The van der Waals surface area contributed by atoms with E-state index in [9.17, 15) is 18.8 Å². The molecule has 2 aromatic rings. The van der Waals surface area contributed by atoms with E-state index < -0.39 is 17.7 Å². The number of amides is 2. The number of carbonyl (C=O) groups is 3. The van der Waals surface area contributed by atoms with E-state index in [1.807, 2.05) is 0 Å². The van der Waals surface area contributed by atoms with Gasteiger partial charge in [0.05, 0.1) is 18.1 Å². The smallest absolute Gasteiger partial charge is 0.338 e. The van der Waals surface area contributed by atoms with Crippen molar-refractivity contribution in [1.82, 2.24) is 0 Å². The maximum absolute atomic E-state index is 13.4. The molecule has 0 radical (unpaired) electrons. The molecule has 1 heterocycles. The van der Waals surface area contributed by atoms with Gasteiger partial charge in [-0.1, -0.05) is 6.07 Å². The molecule has 0 aliphatic carbocycles. The van der Waals surface area contributed by atoms with Crippen molar-refractivity contribution < 1.29 is 23.5 Å². The fourth-order valence-electron chi connectivity index (χ4n) is 2.93. The van der Waals surface area contributed by atoms with E-state index in [1.165, 1.54) is 23.1 Å². The molecule has 0 spiro atoms. The highest BCUT2D eigenvalue weighted by Gasteiger charge is 2.35. The largest absolute Gasteiger partial charge is 0.462 e. The van der Waals surface area contributed by atoms with Gasteiger partial charge >= 0.3 is 5.97 Å². The number of benzene rings is 2. The summed E-state index contributed by atoms with van der Waals surface area (Å²) in [5.74, 6) is -1.92. The van der Waals surface area contributed by atoms with E-state index >= 15 is 0 Å². The molecular weight excluding hydrogens is 351 g/mol. The molecule has 140 valence electrons. The van der Waals surface area contributed by atoms with Crippen molar-refractivity contribution in [2.24, 2.45) is 5.92 Å². The number of anilines is 2. The minimum atomic E-state index is -0.537. The number of carbonyl (C=O) groups excluding carboxylic acids is 3. The first kappa shape index (κ1) is 18.6. The van der Waals surface area contributed by atoms with Crippen LogP contribution in [-0.2, 0) is 14.3 Å². The summed E-state index contributed by atoms with van der Waals surface area (Å²) in [5.41, 5.74) is 1.35. The van der Waals surface area contributed by atoms with Crippen LogP contribution in [0.25, 0.3) is 0 Å². The van der Waals surface area contributed by atoms with E-state index in [4.69, 9.17) is 4.74 Å². The third kappa shape index (κ3) is 4.31. The number of nitrogens with zero attached hydrogens (tertiary/aromatic N) is 1. The van der Waals surface area contributed by atoms with Gasteiger partial charge in [0, 0.05) is 24.3 Å². The van der Waals surface area contributed by atoms with Crippen LogP contribution in [0.2, 0.25) is 0 Å². The summed E-state index contributed by atoms with van der Waals surface area (Å²) in [6.07, 6.45) is 0.0588. The minimum absolute atomic E-state index is 0.0588. The Labute approximate surface area is 155 Å². The number of rotatable bonds is 5. The van der Waals surface area contributed by atoms with Gasteiger partial charge in [-0.2, -0.15) is 0 Å². The zero-order valence-corrected chi connectivity index (χ0v) is 14.8. The number of hydrogen-bond acceptors (Lipinski definition) is 4. The quantitative estimate of drug-likeness (QED) is 0.821. The third-order valence-corrected chi connectivity index (χ3v) is 4.28. The molecule has 0 aromatic heterocycles. The van der Waals surface area contributed by atoms with Crippen LogP contribution in [0.15, 0.2) is 48.5 Å². The van der Waals surface area contributed by atoms with Gasteiger partial charge in [0.15, 0.2) is 0 Å². The monoisotopic (exact) mass is 370 g/mol. The topological polar surface area (TPSA) is 75.7 Å². The Balaban J connectivity index is 1.63. The molecule has 1 unspecified atom stereocenters. The second kappa shape index (κ2) is 7.99. The summed E-state index contributed by atoms with van der Waals surface area (Å²) < 4.78 is 18.3. The second-order valence-electron chi connectivity index (χ2n) is 6.17. The van der Waals surface area contributed by atoms with Crippen LogP contribution in [0, 0.1) is 11.7 Å². The van der Waals surface area contributed by atoms with Crippen molar-refractivity contribution in [3.63, 3.8) is 0 Å².